The van der Waals surface area contributed by atoms with Crippen LogP contribution in [0.25, 0.3) is 11.0 Å². The summed E-state index contributed by atoms with van der Waals surface area (Å²) in [4.78, 5) is 12.4. The van der Waals surface area contributed by atoms with E-state index in [1.807, 2.05) is 19.1 Å². The van der Waals surface area contributed by atoms with E-state index in [1.165, 1.54) is 12.1 Å². The van der Waals surface area contributed by atoms with Gasteiger partial charge in [-0.25, -0.2) is 4.79 Å². The van der Waals surface area contributed by atoms with Crippen LogP contribution in [0.2, 0.25) is 0 Å². The molecule has 0 aliphatic carbocycles. The SMILES string of the molecule is CC/C=C/CCOc1ccc2c(O)c(O[C@H]3O[C@H](CO)[C@@H](O)[C@H](O)[C@@H]3O)c(=O)oc2c1. The molecule has 2 heterocycles. The molecule has 0 unspecified atom stereocenters. The summed E-state index contributed by atoms with van der Waals surface area (Å²) in [6.07, 6.45) is -2.22. The van der Waals surface area contributed by atoms with Crippen LogP contribution in [0.15, 0.2) is 39.6 Å². The lowest BCUT2D eigenvalue weighted by atomic mass is 9.99. The third kappa shape index (κ3) is 5.00. The fraction of sp³-hybridized carbons (Fsp3) is 0.476. The minimum Gasteiger partial charge on any atom is -0.504 e. The minimum atomic E-state index is -1.75. The number of hydrogen-bond donors (Lipinski definition) is 5. The van der Waals surface area contributed by atoms with Crippen LogP contribution in [0.3, 0.4) is 0 Å². The van der Waals surface area contributed by atoms with Crippen LogP contribution in [0.1, 0.15) is 19.8 Å². The van der Waals surface area contributed by atoms with Gasteiger partial charge in [-0.3, -0.25) is 0 Å². The van der Waals surface area contributed by atoms with Crippen molar-refractivity contribution >= 4 is 11.0 Å². The van der Waals surface area contributed by atoms with E-state index in [1.54, 1.807) is 6.07 Å². The molecule has 170 valence electrons. The topological polar surface area (TPSA) is 159 Å². The van der Waals surface area contributed by atoms with Gasteiger partial charge in [0.1, 0.15) is 35.7 Å². The van der Waals surface area contributed by atoms with Crippen LogP contribution in [0, 0.1) is 0 Å². The first-order chi connectivity index (χ1) is 14.9. The van der Waals surface area contributed by atoms with Gasteiger partial charge in [-0.15, -0.1) is 0 Å². The van der Waals surface area contributed by atoms with Gasteiger partial charge in [0, 0.05) is 6.07 Å². The zero-order valence-electron chi connectivity index (χ0n) is 16.9. The van der Waals surface area contributed by atoms with Crippen LogP contribution in [0.4, 0.5) is 0 Å². The molecule has 1 aliphatic rings. The Labute approximate surface area is 177 Å². The third-order valence-electron chi connectivity index (χ3n) is 4.85. The largest absolute Gasteiger partial charge is 0.504 e. The van der Waals surface area contributed by atoms with Crippen LogP contribution in [-0.4, -0.2) is 69.5 Å². The minimum absolute atomic E-state index is 0.0604. The Hall–Kier alpha value is -2.63. The summed E-state index contributed by atoms with van der Waals surface area (Å²) in [5.74, 6) is -0.751. The van der Waals surface area contributed by atoms with Crippen molar-refractivity contribution in [3.63, 3.8) is 0 Å². The number of aliphatic hydroxyl groups excluding tert-OH is 4. The normalized spacial score (nSPS) is 26.4. The van der Waals surface area contributed by atoms with Gasteiger partial charge >= 0.3 is 5.63 Å². The van der Waals surface area contributed by atoms with Crippen molar-refractivity contribution < 1.29 is 44.2 Å². The standard InChI is InChI=1S/C21H26O10/c1-2-3-4-5-8-28-11-6-7-12-13(9-11)29-20(27)19(15(12)23)31-21-18(26)17(25)16(24)14(10-22)30-21/h3-4,6-7,9,14,16-18,21-26H,2,5,8,10H2,1H3/b4-3+/t14-,16-,17+,18+,21-/m1/s1. The Balaban J connectivity index is 1.81. The number of rotatable bonds is 8. The van der Waals surface area contributed by atoms with Gasteiger partial charge in [0.2, 0.25) is 6.29 Å². The van der Waals surface area contributed by atoms with Crippen molar-refractivity contribution in [2.24, 2.45) is 0 Å². The Morgan fingerprint density at radius 2 is 1.90 bits per heavy atom. The molecule has 0 radical (unpaired) electrons. The van der Waals surface area contributed by atoms with E-state index in [0.717, 1.165) is 6.42 Å². The molecule has 2 aromatic rings. The molecule has 1 aromatic heterocycles. The number of aromatic hydroxyl groups is 1. The van der Waals surface area contributed by atoms with Crippen molar-refractivity contribution in [2.45, 2.75) is 50.5 Å². The molecule has 1 fully saturated rings. The molecule has 5 N–H and O–H groups in total. The number of benzene rings is 1. The van der Waals surface area contributed by atoms with Gasteiger partial charge < -0.3 is 44.2 Å². The molecule has 1 saturated heterocycles. The summed E-state index contributed by atoms with van der Waals surface area (Å²) in [6.45, 7) is 1.79. The molecule has 10 heteroatoms. The second-order valence-corrected chi connectivity index (χ2v) is 7.06. The van der Waals surface area contributed by atoms with E-state index >= 15 is 0 Å². The van der Waals surface area contributed by atoms with Gasteiger partial charge in [0.25, 0.3) is 5.75 Å². The Morgan fingerprint density at radius 3 is 2.61 bits per heavy atom. The number of allylic oxidation sites excluding steroid dienone is 1. The molecular weight excluding hydrogens is 412 g/mol. The second-order valence-electron chi connectivity index (χ2n) is 7.06. The fourth-order valence-electron chi connectivity index (χ4n) is 3.15. The van der Waals surface area contributed by atoms with Crippen molar-refractivity contribution in [3.8, 4) is 17.2 Å². The van der Waals surface area contributed by atoms with E-state index < -0.39 is 54.4 Å². The molecule has 1 aromatic carbocycles. The summed E-state index contributed by atoms with van der Waals surface area (Å²) in [5, 5.41) is 49.7. The number of aliphatic hydroxyl groups is 4. The van der Waals surface area contributed by atoms with Gasteiger partial charge in [-0.1, -0.05) is 19.1 Å². The van der Waals surface area contributed by atoms with Crippen LogP contribution >= 0.6 is 0 Å². The summed E-state index contributed by atoms with van der Waals surface area (Å²) in [7, 11) is 0. The third-order valence-corrected chi connectivity index (χ3v) is 4.85. The quantitative estimate of drug-likeness (QED) is 0.222. The van der Waals surface area contributed by atoms with Crippen LogP contribution < -0.4 is 15.1 Å². The first-order valence-electron chi connectivity index (χ1n) is 9.92. The first-order valence-corrected chi connectivity index (χ1v) is 9.92. The maximum Gasteiger partial charge on any atom is 0.383 e. The maximum atomic E-state index is 12.4. The number of hydrogen-bond acceptors (Lipinski definition) is 10. The molecule has 0 bridgehead atoms. The Morgan fingerprint density at radius 1 is 1.13 bits per heavy atom. The molecule has 3 rings (SSSR count). The fourth-order valence-corrected chi connectivity index (χ4v) is 3.15. The van der Waals surface area contributed by atoms with Gasteiger partial charge in [0.15, 0.2) is 5.75 Å². The monoisotopic (exact) mass is 438 g/mol. The van der Waals surface area contributed by atoms with Gasteiger partial charge in [0.05, 0.1) is 18.6 Å². The predicted molar refractivity (Wildman–Crippen MR) is 108 cm³/mol. The van der Waals surface area contributed by atoms with Crippen molar-refractivity contribution in [1.29, 1.82) is 0 Å². The predicted octanol–water partition coefficient (Wildman–Crippen LogP) is 0.412. The molecule has 10 nitrogen and oxygen atoms in total. The number of fused-ring (bicyclic) bond motifs is 1. The smallest absolute Gasteiger partial charge is 0.383 e. The average Bonchev–Trinajstić information content (AvgIpc) is 2.76. The van der Waals surface area contributed by atoms with Crippen molar-refractivity contribution in [1.82, 2.24) is 0 Å². The zero-order valence-corrected chi connectivity index (χ0v) is 16.9. The molecule has 0 spiro atoms. The van der Waals surface area contributed by atoms with E-state index in [-0.39, 0.29) is 11.0 Å². The summed E-state index contributed by atoms with van der Waals surface area (Å²) in [6, 6.07) is 4.52. The van der Waals surface area contributed by atoms with Gasteiger partial charge in [-0.05, 0) is 25.0 Å². The molecular formula is C21H26O10. The summed E-state index contributed by atoms with van der Waals surface area (Å²) in [5.41, 5.74) is -0.991. The zero-order chi connectivity index (χ0) is 22.5. The Kier molecular flexibility index (Phi) is 7.52. The van der Waals surface area contributed by atoms with E-state index in [2.05, 4.69) is 0 Å². The highest BCUT2D eigenvalue weighted by Crippen LogP contribution is 2.35. The number of ether oxygens (including phenoxy) is 3. The van der Waals surface area contributed by atoms with E-state index in [9.17, 15) is 30.3 Å². The molecule has 5 atom stereocenters. The van der Waals surface area contributed by atoms with Crippen molar-refractivity contribution in [3.05, 3.63) is 40.8 Å². The van der Waals surface area contributed by atoms with E-state index in [4.69, 9.17) is 18.6 Å². The lowest BCUT2D eigenvalue weighted by Gasteiger charge is -2.39. The summed E-state index contributed by atoms with van der Waals surface area (Å²) < 4.78 is 21.3. The average molecular weight is 438 g/mol. The Bertz CT molecular complexity index is 967. The van der Waals surface area contributed by atoms with Gasteiger partial charge in [-0.2, -0.15) is 0 Å². The van der Waals surface area contributed by atoms with Crippen molar-refractivity contribution in [2.75, 3.05) is 13.2 Å². The lowest BCUT2D eigenvalue weighted by molar-refractivity contribution is -0.278. The highest BCUT2D eigenvalue weighted by molar-refractivity contribution is 5.86. The van der Waals surface area contributed by atoms with Crippen LogP contribution in [0.5, 0.6) is 17.2 Å². The first kappa shape index (κ1) is 23.0. The molecule has 1 aliphatic heterocycles. The second kappa shape index (κ2) is 10.1. The van der Waals surface area contributed by atoms with E-state index in [0.29, 0.717) is 18.8 Å². The molecule has 0 saturated carbocycles. The maximum absolute atomic E-state index is 12.4. The highest BCUT2D eigenvalue weighted by atomic mass is 16.7. The summed E-state index contributed by atoms with van der Waals surface area (Å²) >= 11 is 0. The van der Waals surface area contributed by atoms with Crippen LogP contribution in [-0.2, 0) is 4.74 Å². The molecule has 31 heavy (non-hydrogen) atoms. The molecule has 0 amide bonds. The lowest BCUT2D eigenvalue weighted by Crippen LogP contribution is -2.60. The highest BCUT2D eigenvalue weighted by Gasteiger charge is 2.45.